The molecule has 1 aromatic heterocycles. The van der Waals surface area contributed by atoms with Gasteiger partial charge in [-0.3, -0.25) is 9.59 Å². The molecule has 138 valence electrons. The summed E-state index contributed by atoms with van der Waals surface area (Å²) >= 11 is 6.10. The number of nitrogen functional groups attached to an aromatic ring is 1. The third-order valence-electron chi connectivity index (χ3n) is 3.84. The van der Waals surface area contributed by atoms with Crippen LogP contribution in [0.4, 0.5) is 11.6 Å². The van der Waals surface area contributed by atoms with Gasteiger partial charge >= 0.3 is 0 Å². The minimum Gasteiger partial charge on any atom is -0.370 e. The predicted molar refractivity (Wildman–Crippen MR) is 105 cm³/mol. The van der Waals surface area contributed by atoms with Crippen LogP contribution in [-0.4, -0.2) is 27.8 Å². The molecule has 2 amide bonds. The summed E-state index contributed by atoms with van der Waals surface area (Å²) in [7, 11) is 0. The summed E-state index contributed by atoms with van der Waals surface area (Å²) in [5.41, 5.74) is 19.0. The summed E-state index contributed by atoms with van der Waals surface area (Å²) in [6.07, 6.45) is -0.239. The average Bonchev–Trinajstić information content (AvgIpc) is 2.61. The number of nitrogens with two attached hydrogens (primary N) is 3. The fourth-order valence-corrected chi connectivity index (χ4v) is 2.80. The number of anilines is 2. The zero-order valence-electron chi connectivity index (χ0n) is 14.1. The van der Waals surface area contributed by atoms with E-state index in [0.717, 1.165) is 5.39 Å². The molecule has 7 N–H and O–H groups in total. The number of carbonyl (C=O) groups excluding carboxylic acids is 2. The van der Waals surface area contributed by atoms with Gasteiger partial charge in [0.15, 0.2) is 0 Å². The number of carbonyl (C=O) groups is 2. The van der Waals surface area contributed by atoms with Crippen molar-refractivity contribution in [3.05, 3.63) is 47.5 Å². The molecule has 0 spiro atoms. The minimum absolute atomic E-state index is 0.123. The SMILES string of the molecule is NC(=O)CC(N)C(=O)Nc1cccc(-c2nc(N)nc3ccc(Cl)cc23)c1. The molecule has 0 fully saturated rings. The molecule has 9 heteroatoms. The molecule has 2 aromatic carbocycles. The molecule has 3 aromatic rings. The number of halogens is 1. The highest BCUT2D eigenvalue weighted by molar-refractivity contribution is 6.31. The standard InChI is InChI=1S/C18H17ClN6O2/c19-10-4-5-14-12(7-10)16(25-18(22)24-14)9-2-1-3-11(6-9)23-17(27)13(20)8-15(21)26/h1-7,13H,8,20H2,(H2,21,26)(H,23,27)(H2,22,24,25). The highest BCUT2D eigenvalue weighted by Crippen LogP contribution is 2.30. The number of nitrogens with one attached hydrogen (secondary N) is 1. The molecule has 0 radical (unpaired) electrons. The Balaban J connectivity index is 1.97. The van der Waals surface area contributed by atoms with E-state index in [0.29, 0.717) is 27.5 Å². The van der Waals surface area contributed by atoms with Crippen molar-refractivity contribution in [1.29, 1.82) is 0 Å². The van der Waals surface area contributed by atoms with Gasteiger partial charge in [0, 0.05) is 21.7 Å². The maximum absolute atomic E-state index is 12.1. The third-order valence-corrected chi connectivity index (χ3v) is 4.07. The van der Waals surface area contributed by atoms with E-state index in [9.17, 15) is 9.59 Å². The lowest BCUT2D eigenvalue weighted by Gasteiger charge is -2.12. The first-order valence-electron chi connectivity index (χ1n) is 8.01. The number of primary amides is 1. The van der Waals surface area contributed by atoms with E-state index in [2.05, 4.69) is 15.3 Å². The first kappa shape index (κ1) is 18.6. The van der Waals surface area contributed by atoms with Crippen molar-refractivity contribution < 1.29 is 9.59 Å². The highest BCUT2D eigenvalue weighted by Gasteiger charge is 2.17. The van der Waals surface area contributed by atoms with Crippen LogP contribution in [0.3, 0.4) is 0 Å². The second-order valence-corrected chi connectivity index (χ2v) is 6.38. The molecular formula is C18H17ClN6O2. The number of rotatable bonds is 5. The van der Waals surface area contributed by atoms with Crippen LogP contribution in [0.5, 0.6) is 0 Å². The van der Waals surface area contributed by atoms with E-state index >= 15 is 0 Å². The number of benzene rings is 2. The van der Waals surface area contributed by atoms with Crippen LogP contribution in [0.15, 0.2) is 42.5 Å². The average molecular weight is 385 g/mol. The first-order valence-corrected chi connectivity index (χ1v) is 8.39. The van der Waals surface area contributed by atoms with Crippen molar-refractivity contribution in [3.8, 4) is 11.3 Å². The first-order chi connectivity index (χ1) is 12.8. The number of hydrogen-bond acceptors (Lipinski definition) is 6. The Morgan fingerprint density at radius 3 is 2.67 bits per heavy atom. The Kier molecular flexibility index (Phi) is 5.20. The summed E-state index contributed by atoms with van der Waals surface area (Å²) < 4.78 is 0. The van der Waals surface area contributed by atoms with Crippen LogP contribution >= 0.6 is 11.6 Å². The Labute approximate surface area is 159 Å². The summed E-state index contributed by atoms with van der Waals surface area (Å²) in [6, 6.07) is 11.2. The maximum atomic E-state index is 12.1. The van der Waals surface area contributed by atoms with Crippen molar-refractivity contribution in [2.45, 2.75) is 12.5 Å². The Hall–Kier alpha value is -3.23. The highest BCUT2D eigenvalue weighted by atomic mass is 35.5. The molecule has 0 aliphatic rings. The zero-order chi connectivity index (χ0) is 19.6. The van der Waals surface area contributed by atoms with Crippen LogP contribution in [0.25, 0.3) is 22.2 Å². The van der Waals surface area contributed by atoms with E-state index < -0.39 is 17.9 Å². The van der Waals surface area contributed by atoms with Crippen molar-refractivity contribution in [2.75, 3.05) is 11.1 Å². The zero-order valence-corrected chi connectivity index (χ0v) is 14.9. The lowest BCUT2D eigenvalue weighted by molar-refractivity contribution is -0.123. The molecule has 1 unspecified atom stereocenters. The summed E-state index contributed by atoms with van der Waals surface area (Å²) in [5, 5.41) is 3.93. The Morgan fingerprint density at radius 1 is 1.15 bits per heavy atom. The van der Waals surface area contributed by atoms with Crippen LogP contribution in [0.2, 0.25) is 5.02 Å². The van der Waals surface area contributed by atoms with Crippen molar-refractivity contribution >= 4 is 46.0 Å². The van der Waals surface area contributed by atoms with Gasteiger partial charge in [0.25, 0.3) is 0 Å². The molecule has 8 nitrogen and oxygen atoms in total. The quantitative estimate of drug-likeness (QED) is 0.525. The van der Waals surface area contributed by atoms with Gasteiger partial charge in [0.2, 0.25) is 17.8 Å². The van der Waals surface area contributed by atoms with Crippen LogP contribution < -0.4 is 22.5 Å². The van der Waals surface area contributed by atoms with Gasteiger partial charge in [0.05, 0.1) is 23.7 Å². The number of nitrogens with zero attached hydrogens (tertiary/aromatic N) is 2. The van der Waals surface area contributed by atoms with Gasteiger partial charge in [-0.1, -0.05) is 23.7 Å². The summed E-state index contributed by atoms with van der Waals surface area (Å²) in [5.74, 6) is -1.04. The number of hydrogen-bond donors (Lipinski definition) is 4. The molecule has 0 bridgehead atoms. The molecule has 27 heavy (non-hydrogen) atoms. The minimum atomic E-state index is -1.03. The molecule has 1 heterocycles. The van der Waals surface area contributed by atoms with E-state index in [-0.39, 0.29) is 12.4 Å². The third kappa shape index (κ3) is 4.30. The fraction of sp³-hybridized carbons (Fsp3) is 0.111. The van der Waals surface area contributed by atoms with Crippen molar-refractivity contribution in [2.24, 2.45) is 11.5 Å². The van der Waals surface area contributed by atoms with Gasteiger partial charge < -0.3 is 22.5 Å². The lowest BCUT2D eigenvalue weighted by atomic mass is 10.1. The van der Waals surface area contributed by atoms with Crippen molar-refractivity contribution in [1.82, 2.24) is 9.97 Å². The van der Waals surface area contributed by atoms with Crippen molar-refractivity contribution in [3.63, 3.8) is 0 Å². The molecule has 0 saturated carbocycles. The number of amides is 2. The van der Waals surface area contributed by atoms with Crippen LogP contribution in [0.1, 0.15) is 6.42 Å². The fourth-order valence-electron chi connectivity index (χ4n) is 2.63. The lowest BCUT2D eigenvalue weighted by Crippen LogP contribution is -2.38. The van der Waals surface area contributed by atoms with Gasteiger partial charge in [-0.2, -0.15) is 0 Å². The second kappa shape index (κ2) is 7.56. The molecule has 0 aliphatic heterocycles. The summed E-state index contributed by atoms with van der Waals surface area (Å²) in [6.45, 7) is 0. The van der Waals surface area contributed by atoms with Gasteiger partial charge in [0.1, 0.15) is 0 Å². The molecule has 1 atom stereocenters. The smallest absolute Gasteiger partial charge is 0.241 e. The van der Waals surface area contributed by atoms with Crippen LogP contribution in [-0.2, 0) is 9.59 Å². The van der Waals surface area contributed by atoms with Gasteiger partial charge in [-0.25, -0.2) is 9.97 Å². The maximum Gasteiger partial charge on any atom is 0.241 e. The number of fused-ring (bicyclic) bond motifs is 1. The second-order valence-electron chi connectivity index (χ2n) is 5.94. The van der Waals surface area contributed by atoms with Crippen LogP contribution in [0, 0.1) is 0 Å². The van der Waals surface area contributed by atoms with E-state index in [1.807, 2.05) is 6.07 Å². The molecular weight excluding hydrogens is 368 g/mol. The van der Waals surface area contributed by atoms with E-state index in [4.69, 9.17) is 28.8 Å². The molecule has 3 rings (SSSR count). The monoisotopic (exact) mass is 384 g/mol. The largest absolute Gasteiger partial charge is 0.370 e. The molecule has 0 saturated heterocycles. The topological polar surface area (TPSA) is 150 Å². The predicted octanol–water partition coefficient (Wildman–Crippen LogP) is 1.67. The number of aromatic nitrogens is 2. The van der Waals surface area contributed by atoms with E-state index in [1.54, 1.807) is 36.4 Å². The summed E-state index contributed by atoms with van der Waals surface area (Å²) in [4.78, 5) is 31.5. The van der Waals surface area contributed by atoms with E-state index in [1.165, 1.54) is 0 Å². The van der Waals surface area contributed by atoms with Gasteiger partial charge in [-0.15, -0.1) is 0 Å². The molecule has 0 aliphatic carbocycles. The van der Waals surface area contributed by atoms with Gasteiger partial charge in [-0.05, 0) is 30.3 Å². The Morgan fingerprint density at radius 2 is 1.93 bits per heavy atom. The Bertz CT molecular complexity index is 1040. The normalized spacial score (nSPS) is 11.9.